The minimum absolute atomic E-state index is 0.167. The van der Waals surface area contributed by atoms with Gasteiger partial charge >= 0.3 is 5.97 Å². The number of nitrogens with one attached hydrogen (secondary N) is 1. The number of carboxylic acid groups (broad SMARTS) is 1. The summed E-state index contributed by atoms with van der Waals surface area (Å²) in [5.41, 5.74) is 1.42. The zero-order chi connectivity index (χ0) is 12.6. The largest absolute Gasteiger partial charge is 0.477 e. The first kappa shape index (κ1) is 11.6. The number of hydrogen-bond donors (Lipinski definition) is 2. The topological polar surface area (TPSA) is 66.4 Å². The second-order valence-corrected chi connectivity index (χ2v) is 4.84. The molecular formula is C12H11NO3S. The number of amides is 1. The first-order valence-electron chi connectivity index (χ1n) is 5.03. The van der Waals surface area contributed by atoms with Crippen LogP contribution in [0.3, 0.4) is 0 Å². The molecule has 2 aromatic rings. The van der Waals surface area contributed by atoms with Gasteiger partial charge in [-0.25, -0.2) is 4.79 Å². The summed E-state index contributed by atoms with van der Waals surface area (Å²) in [6, 6.07) is 5.67. The number of hydrogen-bond acceptors (Lipinski definition) is 3. The Labute approximate surface area is 102 Å². The molecule has 5 heteroatoms. The summed E-state index contributed by atoms with van der Waals surface area (Å²) in [4.78, 5) is 22.4. The molecule has 0 unspecified atom stereocenters. The predicted octanol–water partition coefficient (Wildman–Crippen LogP) is 2.87. The van der Waals surface area contributed by atoms with Crippen molar-refractivity contribution >= 4 is 39.0 Å². The molecule has 0 fully saturated rings. The smallest absolute Gasteiger partial charge is 0.348 e. The zero-order valence-electron chi connectivity index (χ0n) is 9.40. The third kappa shape index (κ3) is 2.14. The molecule has 0 saturated carbocycles. The summed E-state index contributed by atoms with van der Waals surface area (Å²) in [5.74, 6) is -1.29. The van der Waals surface area contributed by atoms with Crippen LogP contribution in [0.15, 0.2) is 18.2 Å². The fourth-order valence-corrected chi connectivity index (χ4v) is 2.64. The third-order valence-electron chi connectivity index (χ3n) is 2.34. The van der Waals surface area contributed by atoms with E-state index in [1.165, 1.54) is 18.3 Å². The van der Waals surface area contributed by atoms with E-state index in [4.69, 9.17) is 5.11 Å². The van der Waals surface area contributed by atoms with Gasteiger partial charge in [0.25, 0.3) is 0 Å². The Morgan fingerprint density at radius 3 is 2.65 bits per heavy atom. The van der Waals surface area contributed by atoms with Gasteiger partial charge in [-0.2, -0.15) is 0 Å². The number of aryl methyl sites for hydroxylation is 1. The maximum absolute atomic E-state index is 11.1. The van der Waals surface area contributed by atoms with Gasteiger partial charge in [0.15, 0.2) is 0 Å². The van der Waals surface area contributed by atoms with Crippen molar-refractivity contribution in [1.82, 2.24) is 0 Å². The molecule has 0 aliphatic heterocycles. The number of anilines is 1. The first-order chi connectivity index (χ1) is 7.99. The van der Waals surface area contributed by atoms with Crippen LogP contribution in [-0.4, -0.2) is 17.0 Å². The fraction of sp³-hybridized carbons (Fsp3) is 0.167. The van der Waals surface area contributed by atoms with Crippen molar-refractivity contribution in [2.75, 3.05) is 5.32 Å². The summed E-state index contributed by atoms with van der Waals surface area (Å²) in [6.45, 7) is 3.29. The molecule has 1 amide bonds. The highest BCUT2D eigenvalue weighted by atomic mass is 32.1. The summed E-state index contributed by atoms with van der Waals surface area (Å²) >= 11 is 1.17. The molecule has 17 heavy (non-hydrogen) atoms. The zero-order valence-corrected chi connectivity index (χ0v) is 10.2. The highest BCUT2D eigenvalue weighted by Crippen LogP contribution is 2.36. The van der Waals surface area contributed by atoms with E-state index in [0.29, 0.717) is 5.69 Å². The molecule has 4 nitrogen and oxygen atoms in total. The normalized spacial score (nSPS) is 10.5. The fourth-order valence-electron chi connectivity index (χ4n) is 1.66. The van der Waals surface area contributed by atoms with E-state index >= 15 is 0 Å². The quantitative estimate of drug-likeness (QED) is 0.860. The molecule has 0 aliphatic rings. The Balaban J connectivity index is 2.72. The predicted molar refractivity (Wildman–Crippen MR) is 67.8 cm³/mol. The van der Waals surface area contributed by atoms with Crippen molar-refractivity contribution in [2.45, 2.75) is 13.8 Å². The van der Waals surface area contributed by atoms with Gasteiger partial charge in [-0.15, -0.1) is 11.3 Å². The number of carbonyl (C=O) groups excluding carboxylic acids is 1. The van der Waals surface area contributed by atoms with Gasteiger partial charge < -0.3 is 10.4 Å². The molecule has 2 N–H and O–H groups in total. The van der Waals surface area contributed by atoms with E-state index in [1.54, 1.807) is 0 Å². The molecule has 1 aromatic carbocycles. The van der Waals surface area contributed by atoms with Crippen molar-refractivity contribution in [3.8, 4) is 0 Å². The van der Waals surface area contributed by atoms with Crippen LogP contribution in [0.4, 0.5) is 5.69 Å². The van der Waals surface area contributed by atoms with Gasteiger partial charge in [0.05, 0.1) is 5.69 Å². The molecule has 0 atom stereocenters. The second-order valence-electron chi connectivity index (χ2n) is 3.79. The molecule has 2 rings (SSSR count). The van der Waals surface area contributed by atoms with E-state index in [9.17, 15) is 9.59 Å². The highest BCUT2D eigenvalue weighted by molar-refractivity contribution is 7.21. The number of aromatic carboxylic acids is 1. The SMILES string of the molecule is CC(=O)Nc1c(C(=O)O)sc2ccc(C)cc12. The Morgan fingerprint density at radius 1 is 1.35 bits per heavy atom. The molecule has 0 spiro atoms. The summed E-state index contributed by atoms with van der Waals surface area (Å²) in [6.07, 6.45) is 0. The van der Waals surface area contributed by atoms with Gasteiger partial charge in [-0.1, -0.05) is 11.6 Å². The summed E-state index contributed by atoms with van der Waals surface area (Å²) in [5, 5.41) is 12.5. The van der Waals surface area contributed by atoms with Crippen LogP contribution in [-0.2, 0) is 4.79 Å². The minimum atomic E-state index is -1.02. The second kappa shape index (κ2) is 4.18. The highest BCUT2D eigenvalue weighted by Gasteiger charge is 2.18. The van der Waals surface area contributed by atoms with E-state index in [0.717, 1.165) is 15.6 Å². The van der Waals surface area contributed by atoms with E-state index < -0.39 is 5.97 Å². The maximum Gasteiger partial charge on any atom is 0.348 e. The molecule has 0 saturated heterocycles. The van der Waals surface area contributed by atoms with E-state index in [1.807, 2.05) is 25.1 Å². The number of rotatable bonds is 2. The lowest BCUT2D eigenvalue weighted by Gasteiger charge is -2.02. The van der Waals surface area contributed by atoms with E-state index in [2.05, 4.69) is 5.32 Å². The third-order valence-corrected chi connectivity index (χ3v) is 3.50. The Kier molecular flexibility index (Phi) is 2.85. The number of benzene rings is 1. The van der Waals surface area contributed by atoms with Crippen LogP contribution in [0.2, 0.25) is 0 Å². The lowest BCUT2D eigenvalue weighted by molar-refractivity contribution is -0.114. The number of thiophene rings is 1. The lowest BCUT2D eigenvalue weighted by Crippen LogP contribution is -2.08. The lowest BCUT2D eigenvalue weighted by atomic mass is 10.1. The minimum Gasteiger partial charge on any atom is -0.477 e. The molecule has 88 valence electrons. The van der Waals surface area contributed by atoms with E-state index in [-0.39, 0.29) is 10.8 Å². The standard InChI is InChI=1S/C12H11NO3S/c1-6-3-4-9-8(5-6)10(13-7(2)14)11(17-9)12(15)16/h3-5H,1-2H3,(H,13,14)(H,15,16). The van der Waals surface area contributed by atoms with Gasteiger partial charge in [0, 0.05) is 17.0 Å². The van der Waals surface area contributed by atoms with Crippen molar-refractivity contribution in [2.24, 2.45) is 0 Å². The Hall–Kier alpha value is -1.88. The van der Waals surface area contributed by atoms with Crippen LogP contribution in [0.5, 0.6) is 0 Å². The van der Waals surface area contributed by atoms with Crippen molar-refractivity contribution in [3.05, 3.63) is 28.6 Å². The van der Waals surface area contributed by atoms with Crippen LogP contribution >= 0.6 is 11.3 Å². The molecule has 0 radical (unpaired) electrons. The van der Waals surface area contributed by atoms with Crippen molar-refractivity contribution in [1.29, 1.82) is 0 Å². The molecule has 1 aromatic heterocycles. The number of carbonyl (C=O) groups is 2. The molecular weight excluding hydrogens is 238 g/mol. The molecule has 0 bridgehead atoms. The number of fused-ring (bicyclic) bond motifs is 1. The van der Waals surface area contributed by atoms with Crippen LogP contribution in [0, 0.1) is 6.92 Å². The average Bonchev–Trinajstić information content (AvgIpc) is 2.56. The van der Waals surface area contributed by atoms with Crippen molar-refractivity contribution in [3.63, 3.8) is 0 Å². The summed E-state index contributed by atoms with van der Waals surface area (Å²) in [7, 11) is 0. The van der Waals surface area contributed by atoms with Crippen LogP contribution < -0.4 is 5.32 Å². The van der Waals surface area contributed by atoms with Crippen LogP contribution in [0.1, 0.15) is 22.2 Å². The van der Waals surface area contributed by atoms with Gasteiger partial charge in [0.1, 0.15) is 4.88 Å². The van der Waals surface area contributed by atoms with Gasteiger partial charge in [-0.3, -0.25) is 4.79 Å². The molecule has 1 heterocycles. The Morgan fingerprint density at radius 2 is 2.06 bits per heavy atom. The maximum atomic E-state index is 11.1. The monoisotopic (exact) mass is 249 g/mol. The van der Waals surface area contributed by atoms with Crippen molar-refractivity contribution < 1.29 is 14.7 Å². The number of carboxylic acids is 1. The van der Waals surface area contributed by atoms with Crippen LogP contribution in [0.25, 0.3) is 10.1 Å². The Bertz CT molecular complexity index is 615. The summed E-state index contributed by atoms with van der Waals surface area (Å²) < 4.78 is 0.858. The average molecular weight is 249 g/mol. The van der Waals surface area contributed by atoms with Gasteiger partial charge in [-0.05, 0) is 19.1 Å². The first-order valence-corrected chi connectivity index (χ1v) is 5.84. The molecule has 0 aliphatic carbocycles. The van der Waals surface area contributed by atoms with Gasteiger partial charge in [0.2, 0.25) is 5.91 Å².